The molecule has 10 nitrogen and oxygen atoms in total. The number of unbranched alkanes of at least 4 members (excludes halogenated alkanes) is 3. The zero-order valence-electron chi connectivity index (χ0n) is 26.4. The van der Waals surface area contributed by atoms with Crippen molar-refractivity contribution < 1.29 is 24.1 Å². The first kappa shape index (κ1) is 33.2. The maximum absolute atomic E-state index is 13.4. The highest BCUT2D eigenvalue weighted by Crippen LogP contribution is 2.42. The number of nitrogens with two attached hydrogens (primary N) is 1. The molecule has 3 aromatic carbocycles. The lowest BCUT2D eigenvalue weighted by Gasteiger charge is -2.37. The highest BCUT2D eigenvalue weighted by molar-refractivity contribution is 5.49. The van der Waals surface area contributed by atoms with Gasteiger partial charge in [-0.05, 0) is 60.3 Å². The molecule has 10 heteroatoms. The molecule has 1 aliphatic heterocycles. The van der Waals surface area contributed by atoms with Gasteiger partial charge in [0.05, 0.1) is 26.9 Å². The van der Waals surface area contributed by atoms with E-state index in [2.05, 4.69) is 0 Å². The molecule has 1 aliphatic rings. The standard InChI is InChI=1S/C36H43N3O7/c1-43-29-16-12-27(13-17-29)36(26-10-6-5-7-11-26,28-14-18-30(44-2)19-15-28)45-25-32-31(40)24-34(46-32)39-23-20-33(41)38(35(39)42)22-9-4-3-8-21-37/h5-7,10-20,23,31-32,34,40H,3-4,8-9,21-22,24-25,37H2,1-2H3/t31-,32-,34-/m1/s1. The van der Waals surface area contributed by atoms with Crippen LogP contribution in [-0.4, -0.2) is 53.8 Å². The highest BCUT2D eigenvalue weighted by atomic mass is 16.6. The van der Waals surface area contributed by atoms with Crippen molar-refractivity contribution in [2.75, 3.05) is 27.4 Å². The Morgan fingerprint density at radius 2 is 1.41 bits per heavy atom. The Morgan fingerprint density at radius 1 is 0.826 bits per heavy atom. The molecular formula is C36H43N3O7. The molecule has 0 amide bonds. The van der Waals surface area contributed by atoms with Crippen LogP contribution in [0.4, 0.5) is 0 Å². The maximum atomic E-state index is 13.4. The fourth-order valence-corrected chi connectivity index (χ4v) is 6.04. The van der Waals surface area contributed by atoms with Crippen LogP contribution < -0.4 is 26.5 Å². The first-order valence-electron chi connectivity index (χ1n) is 15.8. The molecule has 0 bridgehead atoms. The first-order chi connectivity index (χ1) is 22.4. The Morgan fingerprint density at radius 3 is 2.00 bits per heavy atom. The molecule has 2 heterocycles. The second-order valence-electron chi connectivity index (χ2n) is 11.4. The van der Waals surface area contributed by atoms with Gasteiger partial charge in [0.15, 0.2) is 0 Å². The summed E-state index contributed by atoms with van der Waals surface area (Å²) >= 11 is 0. The van der Waals surface area contributed by atoms with Gasteiger partial charge in [-0.3, -0.25) is 13.9 Å². The van der Waals surface area contributed by atoms with Gasteiger partial charge < -0.3 is 29.8 Å². The molecule has 1 saturated heterocycles. The second kappa shape index (κ2) is 15.4. The molecule has 1 fully saturated rings. The van der Waals surface area contributed by atoms with Gasteiger partial charge in [-0.15, -0.1) is 0 Å². The van der Waals surface area contributed by atoms with E-state index in [-0.39, 0.29) is 18.6 Å². The molecule has 4 aromatic rings. The SMILES string of the molecule is COc1ccc(C(OC[C@H]2O[C@@H](n3ccc(=O)n(CCCCCCN)c3=O)C[C@H]2O)(c2ccccc2)c2ccc(OC)cc2)cc1. The van der Waals surface area contributed by atoms with Gasteiger partial charge in [-0.25, -0.2) is 4.79 Å². The van der Waals surface area contributed by atoms with Crippen LogP contribution in [0.3, 0.4) is 0 Å². The molecule has 0 unspecified atom stereocenters. The van der Waals surface area contributed by atoms with Gasteiger partial charge in [0.1, 0.15) is 29.4 Å². The van der Waals surface area contributed by atoms with E-state index in [1.54, 1.807) is 14.2 Å². The van der Waals surface area contributed by atoms with Crippen molar-refractivity contribution in [3.63, 3.8) is 0 Å². The van der Waals surface area contributed by atoms with Gasteiger partial charge in [0.25, 0.3) is 5.56 Å². The van der Waals surface area contributed by atoms with E-state index in [4.69, 9.17) is 24.7 Å². The van der Waals surface area contributed by atoms with Crippen LogP contribution in [-0.2, 0) is 21.6 Å². The lowest BCUT2D eigenvalue weighted by Crippen LogP contribution is -2.40. The van der Waals surface area contributed by atoms with Gasteiger partial charge in [0.2, 0.25) is 0 Å². The molecule has 0 spiro atoms. The van der Waals surface area contributed by atoms with Crippen LogP contribution >= 0.6 is 0 Å². The molecular weight excluding hydrogens is 586 g/mol. The van der Waals surface area contributed by atoms with Crippen LogP contribution in [0.1, 0.15) is 55.0 Å². The number of benzene rings is 3. The molecule has 244 valence electrons. The summed E-state index contributed by atoms with van der Waals surface area (Å²) < 4.78 is 26.7. The topological polar surface area (TPSA) is 127 Å². The van der Waals surface area contributed by atoms with Crippen molar-refractivity contribution in [2.45, 2.75) is 62.7 Å². The summed E-state index contributed by atoms with van der Waals surface area (Å²) in [6.07, 6.45) is 2.64. The predicted molar refractivity (Wildman–Crippen MR) is 175 cm³/mol. The highest BCUT2D eigenvalue weighted by Gasteiger charge is 2.42. The van der Waals surface area contributed by atoms with Crippen LogP contribution in [0, 0.1) is 0 Å². The number of aliphatic hydroxyl groups is 1. The summed E-state index contributed by atoms with van der Waals surface area (Å²) in [4.78, 5) is 25.9. The smallest absolute Gasteiger partial charge is 0.333 e. The first-order valence-corrected chi connectivity index (χ1v) is 15.8. The van der Waals surface area contributed by atoms with Crippen LogP contribution in [0.2, 0.25) is 0 Å². The zero-order chi connectivity index (χ0) is 32.5. The van der Waals surface area contributed by atoms with E-state index in [0.717, 1.165) is 36.0 Å². The number of rotatable bonds is 15. The predicted octanol–water partition coefficient (Wildman–Crippen LogP) is 4.20. The average molecular weight is 630 g/mol. The third-order valence-corrected chi connectivity index (χ3v) is 8.58. The van der Waals surface area contributed by atoms with E-state index in [1.165, 1.54) is 21.4 Å². The summed E-state index contributed by atoms with van der Waals surface area (Å²) in [6, 6.07) is 26.6. The number of aromatic nitrogens is 2. The number of aliphatic hydroxyl groups excluding tert-OH is 1. The average Bonchev–Trinajstić information content (AvgIpc) is 3.46. The van der Waals surface area contributed by atoms with Crippen molar-refractivity contribution in [1.29, 1.82) is 0 Å². The summed E-state index contributed by atoms with van der Waals surface area (Å²) in [7, 11) is 3.24. The Labute approximate surface area is 268 Å². The molecule has 46 heavy (non-hydrogen) atoms. The Bertz CT molecular complexity index is 1610. The van der Waals surface area contributed by atoms with E-state index in [0.29, 0.717) is 31.0 Å². The summed E-state index contributed by atoms with van der Waals surface area (Å²) in [5, 5.41) is 11.2. The maximum Gasteiger partial charge on any atom is 0.333 e. The normalized spacial score (nSPS) is 18.0. The van der Waals surface area contributed by atoms with Crippen molar-refractivity contribution in [2.24, 2.45) is 5.73 Å². The van der Waals surface area contributed by atoms with Crippen LogP contribution in [0.15, 0.2) is 101 Å². The minimum Gasteiger partial charge on any atom is -0.497 e. The quantitative estimate of drug-likeness (QED) is 0.148. The third-order valence-electron chi connectivity index (χ3n) is 8.58. The fourth-order valence-electron chi connectivity index (χ4n) is 6.04. The van der Waals surface area contributed by atoms with Crippen molar-refractivity contribution in [3.8, 4) is 11.5 Å². The zero-order valence-corrected chi connectivity index (χ0v) is 26.4. The number of ether oxygens (including phenoxy) is 4. The van der Waals surface area contributed by atoms with Gasteiger partial charge in [-0.2, -0.15) is 0 Å². The van der Waals surface area contributed by atoms with Crippen molar-refractivity contribution in [1.82, 2.24) is 9.13 Å². The second-order valence-corrected chi connectivity index (χ2v) is 11.4. The monoisotopic (exact) mass is 629 g/mol. The molecule has 3 N–H and O–H groups in total. The summed E-state index contributed by atoms with van der Waals surface area (Å²) in [5.41, 5.74) is 6.25. The Hall–Kier alpha value is -4.22. The minimum atomic E-state index is -1.09. The van der Waals surface area contributed by atoms with Gasteiger partial charge in [0, 0.05) is 25.2 Å². The third kappa shape index (κ3) is 7.10. The Balaban J connectivity index is 1.44. The van der Waals surface area contributed by atoms with E-state index >= 15 is 0 Å². The number of methoxy groups -OCH3 is 2. The van der Waals surface area contributed by atoms with Gasteiger partial charge >= 0.3 is 5.69 Å². The molecule has 1 aromatic heterocycles. The van der Waals surface area contributed by atoms with E-state index in [1.807, 2.05) is 78.9 Å². The van der Waals surface area contributed by atoms with Crippen LogP contribution in [0.5, 0.6) is 11.5 Å². The van der Waals surface area contributed by atoms with Crippen LogP contribution in [0.25, 0.3) is 0 Å². The lowest BCUT2D eigenvalue weighted by atomic mass is 9.80. The minimum absolute atomic E-state index is 0.0140. The number of hydrogen-bond donors (Lipinski definition) is 2. The molecule has 0 aliphatic carbocycles. The molecule has 0 radical (unpaired) electrons. The van der Waals surface area contributed by atoms with E-state index < -0.39 is 29.7 Å². The molecule has 0 saturated carbocycles. The van der Waals surface area contributed by atoms with Gasteiger partial charge in [-0.1, -0.05) is 67.4 Å². The summed E-state index contributed by atoms with van der Waals surface area (Å²) in [5.74, 6) is 1.42. The molecule has 3 atom stereocenters. The number of hydrogen-bond acceptors (Lipinski definition) is 8. The lowest BCUT2D eigenvalue weighted by molar-refractivity contribution is -0.0946. The number of nitrogens with zero attached hydrogens (tertiary/aromatic N) is 2. The largest absolute Gasteiger partial charge is 0.497 e. The van der Waals surface area contributed by atoms with E-state index in [9.17, 15) is 14.7 Å². The molecule has 5 rings (SSSR count). The van der Waals surface area contributed by atoms with Crippen molar-refractivity contribution in [3.05, 3.63) is 129 Å². The Kier molecular flexibility index (Phi) is 11.1. The summed E-state index contributed by atoms with van der Waals surface area (Å²) in [6.45, 7) is 0.950. The fraction of sp³-hybridized carbons (Fsp3) is 0.389. The van der Waals surface area contributed by atoms with Crippen molar-refractivity contribution >= 4 is 0 Å².